The number of anilines is 1. The number of benzene rings is 2. The van der Waals surface area contributed by atoms with Gasteiger partial charge in [-0.05, 0) is 37.3 Å². The zero-order chi connectivity index (χ0) is 20.0. The first-order valence-corrected chi connectivity index (χ1v) is 11.7. The van der Waals surface area contributed by atoms with Crippen molar-refractivity contribution in [1.82, 2.24) is 5.32 Å². The molecule has 1 atom stereocenters. The molecule has 2 aromatic rings. The van der Waals surface area contributed by atoms with E-state index in [0.29, 0.717) is 17.3 Å². The molecule has 0 heterocycles. The van der Waals surface area contributed by atoms with Crippen molar-refractivity contribution in [3.05, 3.63) is 58.6 Å². The maximum atomic E-state index is 12.5. The van der Waals surface area contributed by atoms with E-state index in [-0.39, 0.29) is 10.7 Å². The molecule has 0 saturated carbocycles. The molecular weight excluding hydrogens is 427 g/mol. The summed E-state index contributed by atoms with van der Waals surface area (Å²) in [4.78, 5) is 13.6. The Labute approximate surface area is 174 Å². The lowest BCUT2D eigenvalue weighted by Crippen LogP contribution is -2.48. The van der Waals surface area contributed by atoms with Gasteiger partial charge in [-0.25, -0.2) is 8.42 Å². The molecule has 0 spiro atoms. The number of nitrogens with zero attached hydrogens (tertiary/aromatic N) is 1. The van der Waals surface area contributed by atoms with Gasteiger partial charge in [0.15, 0.2) is 0 Å². The van der Waals surface area contributed by atoms with Gasteiger partial charge in [-0.3, -0.25) is 9.10 Å². The fourth-order valence-electron chi connectivity index (χ4n) is 2.44. The Bertz CT molecular complexity index is 893. The molecule has 0 saturated heterocycles. The standard InChI is InChI=1S/C18H20Cl2N2O3S2/c1-13(18(23)21-10-11-26-15-6-4-3-5-7-15)22(27(2,24)25)17-12-14(19)8-9-16(17)20/h3-9,12-13H,10-11H2,1-2H3,(H,21,23)/t13-/m1/s1. The Morgan fingerprint density at radius 1 is 1.19 bits per heavy atom. The SMILES string of the molecule is C[C@H](C(=O)NCCSc1ccccc1)N(c1cc(Cl)ccc1Cl)S(C)(=O)=O. The first-order valence-electron chi connectivity index (χ1n) is 8.10. The van der Waals surface area contributed by atoms with Gasteiger partial charge in [0, 0.05) is 22.2 Å². The first kappa shape index (κ1) is 21.9. The van der Waals surface area contributed by atoms with E-state index in [2.05, 4.69) is 5.32 Å². The van der Waals surface area contributed by atoms with E-state index in [9.17, 15) is 13.2 Å². The second-order valence-corrected chi connectivity index (χ2v) is 9.65. The van der Waals surface area contributed by atoms with Crippen LogP contribution in [-0.4, -0.2) is 38.9 Å². The molecule has 0 unspecified atom stereocenters. The van der Waals surface area contributed by atoms with E-state index in [1.165, 1.54) is 19.1 Å². The van der Waals surface area contributed by atoms with Gasteiger partial charge in [0.2, 0.25) is 15.9 Å². The largest absolute Gasteiger partial charge is 0.353 e. The molecule has 1 N–H and O–H groups in total. The molecule has 2 rings (SSSR count). The van der Waals surface area contributed by atoms with Gasteiger partial charge >= 0.3 is 0 Å². The number of sulfonamides is 1. The highest BCUT2D eigenvalue weighted by molar-refractivity contribution is 7.99. The van der Waals surface area contributed by atoms with Gasteiger partial charge in [0.25, 0.3) is 0 Å². The van der Waals surface area contributed by atoms with Gasteiger partial charge < -0.3 is 5.32 Å². The van der Waals surface area contributed by atoms with E-state index in [0.717, 1.165) is 15.5 Å². The number of amides is 1. The fourth-order valence-corrected chi connectivity index (χ4v) is 4.84. The smallest absolute Gasteiger partial charge is 0.243 e. The summed E-state index contributed by atoms with van der Waals surface area (Å²) in [6.07, 6.45) is 1.03. The third kappa shape index (κ3) is 6.31. The summed E-state index contributed by atoms with van der Waals surface area (Å²) in [5, 5.41) is 3.29. The van der Waals surface area contributed by atoms with Crippen LogP contribution < -0.4 is 9.62 Å². The van der Waals surface area contributed by atoms with Crippen LogP contribution in [0, 0.1) is 0 Å². The van der Waals surface area contributed by atoms with Crippen molar-refractivity contribution < 1.29 is 13.2 Å². The van der Waals surface area contributed by atoms with Crippen molar-refractivity contribution in [2.75, 3.05) is 22.9 Å². The van der Waals surface area contributed by atoms with Crippen LogP contribution in [0.1, 0.15) is 6.92 Å². The number of hydrogen-bond acceptors (Lipinski definition) is 4. The predicted octanol–water partition coefficient (Wildman–Crippen LogP) is 4.06. The van der Waals surface area contributed by atoms with E-state index in [1.54, 1.807) is 17.8 Å². The van der Waals surface area contributed by atoms with Crippen LogP contribution in [0.15, 0.2) is 53.4 Å². The van der Waals surface area contributed by atoms with Crippen LogP contribution in [0.2, 0.25) is 10.0 Å². The summed E-state index contributed by atoms with van der Waals surface area (Å²) in [6.45, 7) is 1.92. The van der Waals surface area contributed by atoms with Crippen LogP contribution in [-0.2, 0) is 14.8 Å². The van der Waals surface area contributed by atoms with Crippen LogP contribution >= 0.6 is 35.0 Å². The zero-order valence-electron chi connectivity index (χ0n) is 14.9. The number of thioether (sulfide) groups is 1. The van der Waals surface area contributed by atoms with Crippen LogP contribution in [0.3, 0.4) is 0 Å². The summed E-state index contributed by atoms with van der Waals surface area (Å²) in [6, 6.07) is 13.3. The van der Waals surface area contributed by atoms with Crippen molar-refractivity contribution in [1.29, 1.82) is 0 Å². The molecule has 2 aromatic carbocycles. The summed E-state index contributed by atoms with van der Waals surface area (Å²) < 4.78 is 25.6. The lowest BCUT2D eigenvalue weighted by Gasteiger charge is -2.29. The molecule has 0 aliphatic heterocycles. The molecule has 0 aromatic heterocycles. The molecule has 0 aliphatic rings. The number of halogens is 2. The Morgan fingerprint density at radius 3 is 2.48 bits per heavy atom. The van der Waals surface area contributed by atoms with Gasteiger partial charge in [-0.1, -0.05) is 41.4 Å². The number of nitrogens with one attached hydrogen (secondary N) is 1. The zero-order valence-corrected chi connectivity index (χ0v) is 18.0. The van der Waals surface area contributed by atoms with E-state index < -0.39 is 22.0 Å². The minimum Gasteiger partial charge on any atom is -0.353 e. The lowest BCUT2D eigenvalue weighted by molar-refractivity contribution is -0.121. The monoisotopic (exact) mass is 446 g/mol. The average molecular weight is 447 g/mol. The minimum absolute atomic E-state index is 0.174. The average Bonchev–Trinajstić information content (AvgIpc) is 2.61. The minimum atomic E-state index is -3.75. The molecule has 0 fully saturated rings. The van der Waals surface area contributed by atoms with E-state index in [4.69, 9.17) is 23.2 Å². The third-order valence-electron chi connectivity index (χ3n) is 3.65. The normalized spacial score (nSPS) is 12.4. The van der Waals surface area contributed by atoms with Gasteiger partial charge in [0.1, 0.15) is 6.04 Å². The van der Waals surface area contributed by atoms with Crippen LogP contribution in [0.4, 0.5) is 5.69 Å². The van der Waals surface area contributed by atoms with Gasteiger partial charge in [0.05, 0.1) is 17.0 Å². The van der Waals surface area contributed by atoms with Crippen molar-refractivity contribution in [3.63, 3.8) is 0 Å². The molecule has 27 heavy (non-hydrogen) atoms. The quantitative estimate of drug-likeness (QED) is 0.490. The Balaban J connectivity index is 2.05. The second kappa shape index (κ2) is 9.68. The Morgan fingerprint density at radius 2 is 1.85 bits per heavy atom. The van der Waals surface area contributed by atoms with E-state index in [1.807, 2.05) is 30.3 Å². The predicted molar refractivity (Wildman–Crippen MR) is 113 cm³/mol. The topological polar surface area (TPSA) is 66.5 Å². The van der Waals surface area contributed by atoms with E-state index >= 15 is 0 Å². The Kier molecular flexibility index (Phi) is 7.85. The summed E-state index contributed by atoms with van der Waals surface area (Å²) in [7, 11) is -3.75. The summed E-state index contributed by atoms with van der Waals surface area (Å²) in [5.41, 5.74) is 0.174. The number of carbonyl (C=O) groups is 1. The summed E-state index contributed by atoms with van der Waals surface area (Å²) in [5.74, 6) is 0.254. The molecule has 146 valence electrons. The number of hydrogen-bond donors (Lipinski definition) is 1. The third-order valence-corrected chi connectivity index (χ3v) is 6.44. The maximum Gasteiger partial charge on any atom is 0.243 e. The van der Waals surface area contributed by atoms with Crippen molar-refractivity contribution >= 4 is 56.6 Å². The molecule has 5 nitrogen and oxygen atoms in total. The molecule has 9 heteroatoms. The van der Waals surface area contributed by atoms with Crippen LogP contribution in [0.5, 0.6) is 0 Å². The molecule has 0 aliphatic carbocycles. The number of rotatable bonds is 8. The molecule has 1 amide bonds. The highest BCUT2D eigenvalue weighted by atomic mass is 35.5. The molecule has 0 radical (unpaired) electrons. The van der Waals surface area contributed by atoms with Gasteiger partial charge in [-0.2, -0.15) is 0 Å². The lowest BCUT2D eigenvalue weighted by atomic mass is 10.2. The maximum absolute atomic E-state index is 12.5. The van der Waals surface area contributed by atoms with Crippen molar-refractivity contribution in [2.24, 2.45) is 0 Å². The highest BCUT2D eigenvalue weighted by Gasteiger charge is 2.30. The second-order valence-electron chi connectivity index (χ2n) is 5.78. The van der Waals surface area contributed by atoms with Crippen molar-refractivity contribution in [3.8, 4) is 0 Å². The first-order chi connectivity index (χ1) is 12.7. The van der Waals surface area contributed by atoms with Gasteiger partial charge in [-0.15, -0.1) is 11.8 Å². The fraction of sp³-hybridized carbons (Fsp3) is 0.278. The van der Waals surface area contributed by atoms with Crippen LogP contribution in [0.25, 0.3) is 0 Å². The summed E-state index contributed by atoms with van der Waals surface area (Å²) >= 11 is 13.7. The van der Waals surface area contributed by atoms with Crippen molar-refractivity contribution in [2.45, 2.75) is 17.9 Å². The Hall–Kier alpha value is -1.41. The number of carbonyl (C=O) groups excluding carboxylic acids is 1. The molecule has 0 bridgehead atoms. The molecular formula is C18H20Cl2N2O3S2. The highest BCUT2D eigenvalue weighted by Crippen LogP contribution is 2.32.